The number of fused-ring (bicyclic) bond motifs is 2. The molecule has 0 aromatic heterocycles. The SMILES string of the molecule is COC(=O)C1=C(C(OC)=C2C3CC4CC(C3)CC2C4)C2C(C)=C(C)C1P2c1ccccc1. The van der Waals surface area contributed by atoms with Crippen LogP contribution in [0, 0.1) is 23.7 Å². The van der Waals surface area contributed by atoms with Gasteiger partial charge in [0, 0.05) is 16.9 Å². The van der Waals surface area contributed by atoms with Crippen LogP contribution >= 0.6 is 7.92 Å². The molecule has 3 nitrogen and oxygen atoms in total. The van der Waals surface area contributed by atoms with E-state index in [9.17, 15) is 4.79 Å². The number of allylic oxidation sites excluding steroid dienone is 4. The molecule has 0 N–H and O–H groups in total. The van der Waals surface area contributed by atoms with E-state index in [4.69, 9.17) is 9.47 Å². The van der Waals surface area contributed by atoms with Gasteiger partial charge < -0.3 is 9.47 Å². The summed E-state index contributed by atoms with van der Waals surface area (Å²) in [5.74, 6) is 3.97. The smallest absolute Gasteiger partial charge is 0.335 e. The normalized spacial score (nSPS) is 36.9. The van der Waals surface area contributed by atoms with Crippen LogP contribution in [0.5, 0.6) is 0 Å². The van der Waals surface area contributed by atoms with E-state index >= 15 is 0 Å². The van der Waals surface area contributed by atoms with E-state index in [1.165, 1.54) is 66.8 Å². The third kappa shape index (κ3) is 2.79. The van der Waals surface area contributed by atoms with E-state index in [0.29, 0.717) is 11.8 Å². The zero-order valence-electron chi connectivity index (χ0n) is 19.6. The highest BCUT2D eigenvalue weighted by molar-refractivity contribution is 7.69. The summed E-state index contributed by atoms with van der Waals surface area (Å²) < 4.78 is 11.7. The molecule has 168 valence electrons. The molecule has 6 bridgehead atoms. The van der Waals surface area contributed by atoms with Gasteiger partial charge >= 0.3 is 5.97 Å². The number of methoxy groups -OCH3 is 2. The predicted molar refractivity (Wildman–Crippen MR) is 129 cm³/mol. The number of ether oxygens (including phenoxy) is 2. The summed E-state index contributed by atoms with van der Waals surface area (Å²) in [5.41, 5.74) is 6.79. The molecular weight excluding hydrogens is 415 g/mol. The predicted octanol–water partition coefficient (Wildman–Crippen LogP) is 5.72. The number of carbonyl (C=O) groups is 1. The van der Waals surface area contributed by atoms with E-state index in [-0.39, 0.29) is 17.3 Å². The Bertz CT molecular complexity index is 1030. The van der Waals surface area contributed by atoms with Gasteiger partial charge in [-0.15, -0.1) is 0 Å². The Kier molecular flexibility index (Phi) is 4.92. The third-order valence-corrected chi connectivity index (χ3v) is 12.3. The fourth-order valence-corrected chi connectivity index (χ4v) is 11.6. The Balaban J connectivity index is 1.54. The zero-order valence-corrected chi connectivity index (χ0v) is 20.5. The van der Waals surface area contributed by atoms with Crippen LogP contribution in [0.4, 0.5) is 0 Å². The molecular formula is C28H33O3P. The molecule has 4 aliphatic carbocycles. The molecule has 7 rings (SSSR count). The first-order valence-corrected chi connectivity index (χ1v) is 13.6. The van der Waals surface area contributed by atoms with Crippen LogP contribution in [0.2, 0.25) is 0 Å². The quantitative estimate of drug-likeness (QED) is 0.256. The van der Waals surface area contributed by atoms with Crippen molar-refractivity contribution in [1.82, 2.24) is 0 Å². The van der Waals surface area contributed by atoms with Crippen molar-refractivity contribution in [3.8, 4) is 0 Å². The minimum Gasteiger partial charge on any atom is -0.496 e. The topological polar surface area (TPSA) is 35.5 Å². The van der Waals surface area contributed by atoms with E-state index in [1.807, 2.05) is 7.11 Å². The van der Waals surface area contributed by atoms with Gasteiger partial charge in [0.1, 0.15) is 5.76 Å². The van der Waals surface area contributed by atoms with Crippen molar-refractivity contribution in [3.63, 3.8) is 0 Å². The summed E-state index contributed by atoms with van der Waals surface area (Å²) in [4.78, 5) is 13.3. The molecule has 0 spiro atoms. The molecule has 4 saturated carbocycles. The minimum absolute atomic E-state index is 0.141. The number of hydrogen-bond acceptors (Lipinski definition) is 3. The first-order chi connectivity index (χ1) is 15.5. The summed E-state index contributed by atoms with van der Waals surface area (Å²) in [6, 6.07) is 10.8. The van der Waals surface area contributed by atoms with E-state index in [1.54, 1.807) is 0 Å². The van der Waals surface area contributed by atoms with Gasteiger partial charge in [-0.3, -0.25) is 0 Å². The van der Waals surface area contributed by atoms with Crippen molar-refractivity contribution < 1.29 is 14.3 Å². The van der Waals surface area contributed by atoms with Crippen LogP contribution < -0.4 is 5.30 Å². The Morgan fingerprint density at radius 3 is 1.91 bits per heavy atom. The van der Waals surface area contributed by atoms with Crippen molar-refractivity contribution in [3.05, 3.63) is 64.0 Å². The van der Waals surface area contributed by atoms with Crippen molar-refractivity contribution in [2.24, 2.45) is 23.7 Å². The lowest BCUT2D eigenvalue weighted by Crippen LogP contribution is -2.41. The van der Waals surface area contributed by atoms with Gasteiger partial charge in [0.2, 0.25) is 0 Å². The standard InChI is InChI=1S/C28H33O3P/c1-15-16(2)27-24(28(29)31-4)23(26(15)32(27)21-8-6-5-7-9-21)25(30-3)22-19-11-17-10-18(13-19)14-20(22)12-17/h5-9,17-20,26-27H,10-14H2,1-4H3. The Labute approximate surface area is 192 Å². The van der Waals surface area contributed by atoms with Crippen LogP contribution in [0.3, 0.4) is 0 Å². The summed E-state index contributed by atoms with van der Waals surface area (Å²) in [7, 11) is 2.77. The first-order valence-electron chi connectivity index (χ1n) is 12.1. The second-order valence-electron chi connectivity index (χ2n) is 10.5. The maximum atomic E-state index is 13.3. The summed E-state index contributed by atoms with van der Waals surface area (Å²) >= 11 is 0. The van der Waals surface area contributed by atoms with Crippen LogP contribution in [0.25, 0.3) is 0 Å². The number of hydrogen-bond donors (Lipinski definition) is 0. The van der Waals surface area contributed by atoms with Gasteiger partial charge in [-0.1, -0.05) is 49.4 Å². The van der Waals surface area contributed by atoms with Crippen molar-refractivity contribution in [2.45, 2.75) is 57.3 Å². The third-order valence-electron chi connectivity index (χ3n) is 9.02. The van der Waals surface area contributed by atoms with Gasteiger partial charge in [0.25, 0.3) is 0 Å². The van der Waals surface area contributed by atoms with Crippen LogP contribution in [0.15, 0.2) is 64.0 Å². The zero-order chi connectivity index (χ0) is 22.1. The molecule has 4 heteroatoms. The summed E-state index contributed by atoms with van der Waals surface area (Å²) in [6.07, 6.45) is 6.68. The maximum absolute atomic E-state index is 13.3. The van der Waals surface area contributed by atoms with E-state index < -0.39 is 7.92 Å². The molecule has 6 aliphatic rings. The molecule has 1 aromatic carbocycles. The van der Waals surface area contributed by atoms with Gasteiger partial charge in [-0.05, 0) is 80.5 Å². The van der Waals surface area contributed by atoms with Gasteiger partial charge in [-0.2, -0.15) is 0 Å². The highest BCUT2D eigenvalue weighted by Crippen LogP contribution is 2.69. The number of esters is 1. The molecule has 0 radical (unpaired) electrons. The molecule has 32 heavy (non-hydrogen) atoms. The number of rotatable bonds is 4. The van der Waals surface area contributed by atoms with E-state index in [2.05, 4.69) is 44.2 Å². The Morgan fingerprint density at radius 1 is 0.812 bits per heavy atom. The van der Waals surface area contributed by atoms with Crippen LogP contribution in [0.1, 0.15) is 46.0 Å². The van der Waals surface area contributed by atoms with Crippen molar-refractivity contribution in [1.29, 1.82) is 0 Å². The fourth-order valence-electron chi connectivity index (χ4n) is 7.93. The molecule has 2 aliphatic heterocycles. The van der Waals surface area contributed by atoms with Crippen LogP contribution in [-0.2, 0) is 14.3 Å². The molecule has 2 heterocycles. The largest absolute Gasteiger partial charge is 0.496 e. The number of carbonyl (C=O) groups excluding carboxylic acids is 1. The molecule has 0 saturated heterocycles. The fraction of sp³-hybridized carbons (Fsp3) is 0.536. The monoisotopic (exact) mass is 448 g/mol. The maximum Gasteiger partial charge on any atom is 0.335 e. The van der Waals surface area contributed by atoms with E-state index in [0.717, 1.165) is 23.2 Å². The second-order valence-corrected chi connectivity index (χ2v) is 12.9. The Morgan fingerprint density at radius 2 is 1.38 bits per heavy atom. The lowest BCUT2D eigenvalue weighted by atomic mass is 9.53. The molecule has 3 atom stereocenters. The average molecular weight is 449 g/mol. The van der Waals surface area contributed by atoms with Gasteiger partial charge in [-0.25, -0.2) is 4.79 Å². The Hall–Kier alpha value is -1.86. The highest BCUT2D eigenvalue weighted by Gasteiger charge is 2.55. The molecule has 3 unspecified atom stereocenters. The van der Waals surface area contributed by atoms with Crippen LogP contribution in [-0.4, -0.2) is 31.5 Å². The second kappa shape index (κ2) is 7.59. The molecule has 1 aromatic rings. The van der Waals surface area contributed by atoms with Gasteiger partial charge in [0.05, 0.1) is 19.8 Å². The molecule has 4 fully saturated rings. The average Bonchev–Trinajstić information content (AvgIpc) is 3.27. The van der Waals surface area contributed by atoms with Crippen molar-refractivity contribution in [2.75, 3.05) is 14.2 Å². The summed E-state index contributed by atoms with van der Waals surface area (Å²) in [6.45, 7) is 4.50. The summed E-state index contributed by atoms with van der Waals surface area (Å²) in [5, 5.41) is 1.37. The molecule has 0 amide bonds. The van der Waals surface area contributed by atoms with Crippen molar-refractivity contribution >= 4 is 19.2 Å². The lowest BCUT2D eigenvalue weighted by molar-refractivity contribution is -0.136. The lowest BCUT2D eigenvalue weighted by Gasteiger charge is -2.52. The number of benzene rings is 1. The highest BCUT2D eigenvalue weighted by atomic mass is 31.1. The minimum atomic E-state index is -0.584. The van der Waals surface area contributed by atoms with Gasteiger partial charge in [0.15, 0.2) is 0 Å². The first kappa shape index (κ1) is 20.7.